The summed E-state index contributed by atoms with van der Waals surface area (Å²) in [5, 5.41) is 3.15. The fourth-order valence-corrected chi connectivity index (χ4v) is 3.74. The summed E-state index contributed by atoms with van der Waals surface area (Å²) in [4.78, 5) is 26.4. The Hall–Kier alpha value is -2.47. The Bertz CT molecular complexity index is 887. The summed E-state index contributed by atoms with van der Waals surface area (Å²) in [6, 6.07) is 8.44. The molecule has 0 radical (unpaired) electrons. The van der Waals surface area contributed by atoms with Crippen molar-refractivity contribution in [3.63, 3.8) is 0 Å². The van der Waals surface area contributed by atoms with Gasteiger partial charge in [0, 0.05) is 43.9 Å². The number of aryl methyl sites for hydroxylation is 3. The van der Waals surface area contributed by atoms with Crippen LogP contribution in [0.25, 0.3) is 0 Å². The van der Waals surface area contributed by atoms with E-state index in [-0.39, 0.29) is 11.9 Å². The molecule has 3 rings (SSSR count). The fraction of sp³-hybridized carbons (Fsp3) is 0.542. The number of carbonyl (C=O) groups excluding carboxylic acids is 1. The third-order valence-corrected chi connectivity index (χ3v) is 5.85. The number of hydrogen-bond acceptors (Lipinski definition) is 5. The molecule has 6 heteroatoms. The number of nitrogens with zero attached hydrogens (tertiary/aromatic N) is 4. The fourth-order valence-electron chi connectivity index (χ4n) is 3.74. The standard InChI is InChI=1S/C24H35N5O/c1-16(2)24-25-19(5)14-22(27-24)29-11-9-28(10-12-29)15-23(30)26-20(6)21-8-7-17(3)18(4)13-21/h7-8,13-14,16,20H,9-12,15H2,1-6H3,(H,26,30)/t20-/m1/s1. The van der Waals surface area contributed by atoms with Gasteiger partial charge in [-0.25, -0.2) is 9.97 Å². The summed E-state index contributed by atoms with van der Waals surface area (Å²) in [5.74, 6) is 2.29. The Balaban J connectivity index is 1.52. The van der Waals surface area contributed by atoms with Crippen LogP contribution in [0.5, 0.6) is 0 Å². The van der Waals surface area contributed by atoms with Crippen molar-refractivity contribution in [2.24, 2.45) is 0 Å². The third-order valence-electron chi connectivity index (χ3n) is 5.85. The summed E-state index contributed by atoms with van der Waals surface area (Å²) >= 11 is 0. The number of piperazine rings is 1. The SMILES string of the molecule is Cc1cc(N2CCN(CC(=O)N[C@H](C)c3ccc(C)c(C)c3)CC2)nc(C(C)C)n1. The first-order chi connectivity index (χ1) is 14.2. The molecular formula is C24H35N5O. The summed E-state index contributed by atoms with van der Waals surface area (Å²) < 4.78 is 0. The maximum absolute atomic E-state index is 12.6. The highest BCUT2D eigenvalue weighted by Crippen LogP contribution is 2.19. The van der Waals surface area contributed by atoms with Crippen molar-refractivity contribution < 1.29 is 4.79 Å². The van der Waals surface area contributed by atoms with Crippen LogP contribution in [0.3, 0.4) is 0 Å². The molecule has 1 aromatic carbocycles. The molecule has 1 aliphatic heterocycles. The van der Waals surface area contributed by atoms with E-state index in [1.165, 1.54) is 11.1 Å². The van der Waals surface area contributed by atoms with Gasteiger partial charge in [0.2, 0.25) is 5.91 Å². The number of anilines is 1. The van der Waals surface area contributed by atoms with Gasteiger partial charge >= 0.3 is 0 Å². The predicted octanol–water partition coefficient (Wildman–Crippen LogP) is 3.52. The Morgan fingerprint density at radius 3 is 2.33 bits per heavy atom. The van der Waals surface area contributed by atoms with E-state index >= 15 is 0 Å². The predicted molar refractivity (Wildman–Crippen MR) is 122 cm³/mol. The molecule has 0 unspecified atom stereocenters. The molecule has 1 saturated heterocycles. The lowest BCUT2D eigenvalue weighted by Gasteiger charge is -2.35. The molecular weight excluding hydrogens is 374 g/mol. The lowest BCUT2D eigenvalue weighted by Crippen LogP contribution is -2.50. The average molecular weight is 410 g/mol. The largest absolute Gasteiger partial charge is 0.354 e. The van der Waals surface area contributed by atoms with E-state index < -0.39 is 0 Å². The van der Waals surface area contributed by atoms with Gasteiger partial charge in [0.05, 0.1) is 12.6 Å². The first-order valence-electron chi connectivity index (χ1n) is 10.9. The van der Waals surface area contributed by atoms with Crippen molar-refractivity contribution in [1.82, 2.24) is 20.2 Å². The molecule has 1 fully saturated rings. The zero-order valence-electron chi connectivity index (χ0n) is 19.2. The van der Waals surface area contributed by atoms with Crippen LogP contribution in [0.15, 0.2) is 24.3 Å². The van der Waals surface area contributed by atoms with Gasteiger partial charge in [0.15, 0.2) is 0 Å². The number of aromatic nitrogens is 2. The molecule has 0 spiro atoms. The second-order valence-electron chi connectivity index (χ2n) is 8.78. The van der Waals surface area contributed by atoms with Crippen LogP contribution >= 0.6 is 0 Å². The summed E-state index contributed by atoms with van der Waals surface area (Å²) in [6.07, 6.45) is 0. The van der Waals surface area contributed by atoms with E-state index in [4.69, 9.17) is 4.98 Å². The van der Waals surface area contributed by atoms with Crippen molar-refractivity contribution in [1.29, 1.82) is 0 Å². The molecule has 2 heterocycles. The number of benzene rings is 1. The van der Waals surface area contributed by atoms with Crippen LogP contribution < -0.4 is 10.2 Å². The van der Waals surface area contributed by atoms with Crippen LogP contribution in [0.2, 0.25) is 0 Å². The second-order valence-corrected chi connectivity index (χ2v) is 8.78. The minimum atomic E-state index is 0.0107. The molecule has 6 nitrogen and oxygen atoms in total. The number of nitrogens with one attached hydrogen (secondary N) is 1. The van der Waals surface area contributed by atoms with Crippen molar-refractivity contribution in [3.8, 4) is 0 Å². The normalized spacial score (nSPS) is 16.0. The van der Waals surface area contributed by atoms with Crippen LogP contribution in [0.4, 0.5) is 5.82 Å². The molecule has 1 N–H and O–H groups in total. The Morgan fingerprint density at radius 2 is 1.70 bits per heavy atom. The summed E-state index contributed by atoms with van der Waals surface area (Å²) in [6.45, 7) is 16.4. The highest BCUT2D eigenvalue weighted by atomic mass is 16.2. The van der Waals surface area contributed by atoms with Gasteiger partial charge in [-0.2, -0.15) is 0 Å². The quantitative estimate of drug-likeness (QED) is 0.791. The van der Waals surface area contributed by atoms with E-state index in [0.717, 1.165) is 49.1 Å². The highest BCUT2D eigenvalue weighted by molar-refractivity contribution is 5.78. The Morgan fingerprint density at radius 1 is 1.00 bits per heavy atom. The van der Waals surface area contributed by atoms with E-state index in [9.17, 15) is 4.79 Å². The highest BCUT2D eigenvalue weighted by Gasteiger charge is 2.21. The summed E-state index contributed by atoms with van der Waals surface area (Å²) in [5.41, 5.74) is 4.68. The van der Waals surface area contributed by atoms with E-state index in [0.29, 0.717) is 12.5 Å². The van der Waals surface area contributed by atoms with Crippen molar-refractivity contribution in [2.75, 3.05) is 37.6 Å². The topological polar surface area (TPSA) is 61.4 Å². The second kappa shape index (κ2) is 9.56. The minimum Gasteiger partial charge on any atom is -0.354 e. The van der Waals surface area contributed by atoms with Gasteiger partial charge in [-0.3, -0.25) is 9.69 Å². The first-order valence-corrected chi connectivity index (χ1v) is 10.9. The average Bonchev–Trinajstić information content (AvgIpc) is 2.70. The molecule has 0 aliphatic carbocycles. The smallest absolute Gasteiger partial charge is 0.234 e. The molecule has 1 aliphatic rings. The molecule has 1 amide bonds. The van der Waals surface area contributed by atoms with Gasteiger partial charge in [-0.15, -0.1) is 0 Å². The maximum atomic E-state index is 12.6. The molecule has 162 valence electrons. The molecule has 30 heavy (non-hydrogen) atoms. The van der Waals surface area contributed by atoms with Gasteiger partial charge in [0.1, 0.15) is 11.6 Å². The van der Waals surface area contributed by atoms with Gasteiger partial charge in [-0.1, -0.05) is 32.0 Å². The van der Waals surface area contributed by atoms with Gasteiger partial charge in [0.25, 0.3) is 0 Å². The Kier molecular flexibility index (Phi) is 7.08. The van der Waals surface area contributed by atoms with Crippen LogP contribution in [-0.4, -0.2) is 53.5 Å². The lowest BCUT2D eigenvalue weighted by molar-refractivity contribution is -0.123. The zero-order valence-corrected chi connectivity index (χ0v) is 19.2. The van der Waals surface area contributed by atoms with Crippen LogP contribution in [0.1, 0.15) is 60.9 Å². The molecule has 0 saturated carbocycles. The van der Waals surface area contributed by atoms with Gasteiger partial charge in [-0.05, 0) is 44.4 Å². The minimum absolute atomic E-state index is 0.0107. The number of hydrogen-bond donors (Lipinski definition) is 1. The molecule has 1 atom stereocenters. The van der Waals surface area contributed by atoms with Crippen LogP contribution in [0, 0.1) is 20.8 Å². The third kappa shape index (κ3) is 5.57. The van der Waals surface area contributed by atoms with Crippen molar-refractivity contribution >= 4 is 11.7 Å². The van der Waals surface area contributed by atoms with E-state index in [1.54, 1.807) is 0 Å². The van der Waals surface area contributed by atoms with Crippen molar-refractivity contribution in [2.45, 2.75) is 53.5 Å². The first kappa shape index (κ1) is 22.2. The number of amides is 1. The summed E-state index contributed by atoms with van der Waals surface area (Å²) in [7, 11) is 0. The maximum Gasteiger partial charge on any atom is 0.234 e. The van der Waals surface area contributed by atoms with E-state index in [2.05, 4.69) is 72.1 Å². The Labute approximate surface area is 180 Å². The van der Waals surface area contributed by atoms with E-state index in [1.807, 2.05) is 13.8 Å². The monoisotopic (exact) mass is 409 g/mol. The molecule has 2 aromatic rings. The molecule has 1 aromatic heterocycles. The number of rotatable bonds is 6. The van der Waals surface area contributed by atoms with Gasteiger partial charge < -0.3 is 10.2 Å². The zero-order chi connectivity index (χ0) is 21.8. The van der Waals surface area contributed by atoms with Crippen LogP contribution in [-0.2, 0) is 4.79 Å². The lowest BCUT2D eigenvalue weighted by atomic mass is 10.0. The van der Waals surface area contributed by atoms with Crippen molar-refractivity contribution in [3.05, 3.63) is 52.5 Å². The molecule has 0 bridgehead atoms. The number of carbonyl (C=O) groups is 1.